The Labute approximate surface area is 157 Å². The van der Waals surface area contributed by atoms with Gasteiger partial charge in [0.05, 0.1) is 16.4 Å². The first-order valence-electron chi connectivity index (χ1n) is 9.22. The Bertz CT molecular complexity index is 1000. The van der Waals surface area contributed by atoms with Gasteiger partial charge in [0, 0.05) is 18.1 Å². The molecule has 0 atom stereocenters. The highest BCUT2D eigenvalue weighted by atomic mass is 35.5. The molecule has 1 aliphatic heterocycles. The number of anilines is 1. The van der Waals surface area contributed by atoms with Gasteiger partial charge in [0.1, 0.15) is 0 Å². The monoisotopic (exact) mass is 365 g/mol. The van der Waals surface area contributed by atoms with Crippen LogP contribution in [0.4, 0.5) is 5.95 Å². The third kappa shape index (κ3) is 2.21. The van der Waals surface area contributed by atoms with Crippen molar-refractivity contribution in [2.45, 2.75) is 37.6 Å². The number of carbonyl (C=O) groups excluding carboxylic acids is 1. The average Bonchev–Trinajstić information content (AvgIpc) is 3.37. The lowest BCUT2D eigenvalue weighted by atomic mass is 9.77. The van der Waals surface area contributed by atoms with Crippen molar-refractivity contribution in [1.29, 1.82) is 0 Å². The van der Waals surface area contributed by atoms with Gasteiger partial charge in [0.2, 0.25) is 11.9 Å². The summed E-state index contributed by atoms with van der Waals surface area (Å²) >= 11 is 6.24. The fourth-order valence-corrected chi connectivity index (χ4v) is 4.82. The molecule has 4 nitrogen and oxygen atoms in total. The second kappa shape index (κ2) is 5.85. The van der Waals surface area contributed by atoms with E-state index in [9.17, 15) is 4.79 Å². The molecule has 0 bridgehead atoms. The van der Waals surface area contributed by atoms with Gasteiger partial charge in [-0.3, -0.25) is 9.69 Å². The maximum absolute atomic E-state index is 13.8. The van der Waals surface area contributed by atoms with Crippen LogP contribution in [0.25, 0.3) is 11.0 Å². The molecule has 5 rings (SSSR count). The van der Waals surface area contributed by atoms with Crippen molar-refractivity contribution < 1.29 is 4.79 Å². The number of imidazole rings is 1. The van der Waals surface area contributed by atoms with E-state index in [1.54, 1.807) is 0 Å². The minimum atomic E-state index is -0.474. The molecule has 0 radical (unpaired) electrons. The van der Waals surface area contributed by atoms with Crippen LogP contribution in [0.2, 0.25) is 5.02 Å². The third-order valence-electron chi connectivity index (χ3n) is 5.91. The smallest absolute Gasteiger partial charge is 0.240 e. The first-order chi connectivity index (χ1) is 12.7. The lowest BCUT2D eigenvalue weighted by molar-refractivity contribution is -0.123. The highest BCUT2D eigenvalue weighted by Crippen LogP contribution is 2.44. The van der Waals surface area contributed by atoms with Crippen LogP contribution in [0, 0.1) is 0 Å². The zero-order valence-electron chi connectivity index (χ0n) is 14.5. The number of hydrogen-bond donors (Lipinski definition) is 0. The fraction of sp³-hybridized carbons (Fsp3) is 0.333. The van der Waals surface area contributed by atoms with E-state index in [2.05, 4.69) is 10.6 Å². The van der Waals surface area contributed by atoms with Crippen LogP contribution in [0.5, 0.6) is 0 Å². The molecule has 5 heteroatoms. The molecule has 1 aromatic heterocycles. The summed E-state index contributed by atoms with van der Waals surface area (Å²) in [6.45, 7) is 1.49. The summed E-state index contributed by atoms with van der Waals surface area (Å²) in [7, 11) is 0. The summed E-state index contributed by atoms with van der Waals surface area (Å²) in [5.74, 6) is 0.954. The Hall–Kier alpha value is -2.33. The second-order valence-corrected chi connectivity index (χ2v) is 7.74. The number of halogens is 1. The van der Waals surface area contributed by atoms with Crippen LogP contribution in [-0.2, 0) is 16.8 Å². The lowest BCUT2D eigenvalue weighted by Crippen LogP contribution is -2.45. The van der Waals surface area contributed by atoms with Crippen molar-refractivity contribution in [3.63, 3.8) is 0 Å². The summed E-state index contributed by atoms with van der Waals surface area (Å²) < 4.78 is 2.16. The number of fused-ring (bicyclic) bond motifs is 3. The topological polar surface area (TPSA) is 38.1 Å². The van der Waals surface area contributed by atoms with Crippen LogP contribution in [0.3, 0.4) is 0 Å². The van der Waals surface area contributed by atoms with Crippen molar-refractivity contribution in [3.05, 3.63) is 59.1 Å². The summed E-state index contributed by atoms with van der Waals surface area (Å²) in [5, 5.41) is 0.690. The van der Waals surface area contributed by atoms with Crippen LogP contribution in [0.15, 0.2) is 48.5 Å². The molecule has 1 saturated carbocycles. The molecular weight excluding hydrogens is 346 g/mol. The van der Waals surface area contributed by atoms with Gasteiger partial charge in [-0.05, 0) is 42.7 Å². The second-order valence-electron chi connectivity index (χ2n) is 7.31. The summed E-state index contributed by atoms with van der Waals surface area (Å²) in [6, 6.07) is 15.9. The number of hydrogen-bond acceptors (Lipinski definition) is 2. The van der Waals surface area contributed by atoms with Crippen molar-refractivity contribution in [2.75, 3.05) is 11.4 Å². The Morgan fingerprint density at radius 2 is 1.85 bits per heavy atom. The summed E-state index contributed by atoms with van der Waals surface area (Å²) in [6.07, 6.45) is 3.90. The highest BCUT2D eigenvalue weighted by molar-refractivity contribution is 6.30. The molecule has 1 amide bonds. The molecule has 2 aliphatic rings. The molecule has 0 N–H and O–H groups in total. The maximum atomic E-state index is 13.8. The van der Waals surface area contributed by atoms with Gasteiger partial charge in [0.25, 0.3) is 0 Å². The predicted molar refractivity (Wildman–Crippen MR) is 104 cm³/mol. The zero-order valence-corrected chi connectivity index (χ0v) is 15.2. The largest absolute Gasteiger partial charge is 0.308 e. The standard InChI is InChI=1S/C21H20ClN3O/c22-16-7-5-6-15(14-16)21(10-3-4-11-21)19(26)25-13-12-24-18-9-2-1-8-17(18)23-20(24)25/h1-2,5-9,14H,3-4,10-13H2. The first-order valence-corrected chi connectivity index (χ1v) is 9.60. The number of amides is 1. The molecule has 0 spiro atoms. The van der Waals surface area contributed by atoms with E-state index in [0.29, 0.717) is 11.6 Å². The van der Waals surface area contributed by atoms with E-state index in [0.717, 1.165) is 54.8 Å². The van der Waals surface area contributed by atoms with E-state index in [4.69, 9.17) is 16.6 Å². The Balaban J connectivity index is 1.59. The molecule has 2 heterocycles. The number of para-hydroxylation sites is 2. The normalized spacial score (nSPS) is 18.4. The molecule has 3 aromatic rings. The number of rotatable bonds is 2. The van der Waals surface area contributed by atoms with Crippen molar-refractivity contribution in [3.8, 4) is 0 Å². The number of nitrogens with zero attached hydrogens (tertiary/aromatic N) is 3. The first kappa shape index (κ1) is 15.9. The van der Waals surface area contributed by atoms with E-state index >= 15 is 0 Å². The molecule has 0 unspecified atom stereocenters. The van der Waals surface area contributed by atoms with Crippen molar-refractivity contribution in [1.82, 2.24) is 9.55 Å². The molecular formula is C21H20ClN3O. The van der Waals surface area contributed by atoms with Gasteiger partial charge in [-0.15, -0.1) is 0 Å². The third-order valence-corrected chi connectivity index (χ3v) is 6.15. The van der Waals surface area contributed by atoms with Crippen LogP contribution >= 0.6 is 11.6 Å². The van der Waals surface area contributed by atoms with Crippen LogP contribution in [-0.4, -0.2) is 22.0 Å². The number of aromatic nitrogens is 2. The summed E-state index contributed by atoms with van der Waals surface area (Å²) in [5.41, 5.74) is 2.62. The van der Waals surface area contributed by atoms with E-state index in [1.165, 1.54) is 0 Å². The molecule has 26 heavy (non-hydrogen) atoms. The average molecular weight is 366 g/mol. The highest BCUT2D eigenvalue weighted by Gasteiger charge is 2.47. The van der Waals surface area contributed by atoms with E-state index < -0.39 is 5.41 Å². The van der Waals surface area contributed by atoms with Crippen LogP contribution < -0.4 is 4.90 Å². The number of benzene rings is 2. The van der Waals surface area contributed by atoms with E-state index in [-0.39, 0.29) is 5.91 Å². The number of carbonyl (C=O) groups is 1. The Kier molecular flexibility index (Phi) is 3.57. The van der Waals surface area contributed by atoms with Crippen LogP contribution in [0.1, 0.15) is 31.2 Å². The Morgan fingerprint density at radius 1 is 1.04 bits per heavy atom. The van der Waals surface area contributed by atoms with Gasteiger partial charge in [-0.2, -0.15) is 0 Å². The van der Waals surface area contributed by atoms with Gasteiger partial charge >= 0.3 is 0 Å². The van der Waals surface area contributed by atoms with Gasteiger partial charge in [0.15, 0.2) is 0 Å². The molecule has 2 aromatic carbocycles. The van der Waals surface area contributed by atoms with E-state index in [1.807, 2.05) is 47.4 Å². The zero-order chi connectivity index (χ0) is 17.7. The van der Waals surface area contributed by atoms with Gasteiger partial charge < -0.3 is 4.57 Å². The minimum Gasteiger partial charge on any atom is -0.308 e. The predicted octanol–water partition coefficient (Wildman–Crippen LogP) is 4.55. The van der Waals surface area contributed by atoms with Crippen molar-refractivity contribution in [2.24, 2.45) is 0 Å². The Morgan fingerprint density at radius 3 is 2.65 bits per heavy atom. The van der Waals surface area contributed by atoms with Gasteiger partial charge in [-0.1, -0.05) is 48.7 Å². The van der Waals surface area contributed by atoms with Gasteiger partial charge in [-0.25, -0.2) is 4.98 Å². The minimum absolute atomic E-state index is 0.173. The summed E-state index contributed by atoms with van der Waals surface area (Å²) in [4.78, 5) is 20.4. The molecule has 132 valence electrons. The SMILES string of the molecule is O=C(N1CCn2c1nc1ccccc12)C1(c2cccc(Cl)c2)CCCC1. The molecule has 1 aliphatic carbocycles. The van der Waals surface area contributed by atoms with Crippen molar-refractivity contribution >= 4 is 34.5 Å². The fourth-order valence-electron chi connectivity index (χ4n) is 4.63. The lowest BCUT2D eigenvalue weighted by Gasteiger charge is -2.32. The molecule has 1 fully saturated rings. The maximum Gasteiger partial charge on any atom is 0.240 e. The molecule has 0 saturated heterocycles. The quantitative estimate of drug-likeness (QED) is 0.668.